The summed E-state index contributed by atoms with van der Waals surface area (Å²) in [6.07, 6.45) is 0.953. The van der Waals surface area contributed by atoms with Gasteiger partial charge in [-0.2, -0.15) is 0 Å². The first-order chi connectivity index (χ1) is 21.5. The number of carbonyl (C=O) groups excluding carboxylic acids is 2. The molecule has 0 aliphatic rings. The van der Waals surface area contributed by atoms with E-state index in [1.165, 1.54) is 23.1 Å². The molecule has 4 aromatic carbocycles. The quantitative estimate of drug-likeness (QED) is 0.160. The number of amides is 2. The predicted octanol–water partition coefficient (Wildman–Crippen LogP) is 7.16. The van der Waals surface area contributed by atoms with Crippen molar-refractivity contribution >= 4 is 55.1 Å². The number of rotatable bonds is 13. The lowest BCUT2D eigenvalue weighted by Crippen LogP contribution is -2.54. The number of benzene rings is 4. The summed E-state index contributed by atoms with van der Waals surface area (Å²) in [5.74, 6) is -0.844. The number of sulfonamides is 1. The van der Waals surface area contributed by atoms with Crippen molar-refractivity contribution in [3.05, 3.63) is 129 Å². The van der Waals surface area contributed by atoms with Crippen molar-refractivity contribution in [2.45, 2.75) is 57.1 Å². The van der Waals surface area contributed by atoms with E-state index in [-0.39, 0.29) is 35.5 Å². The fraction of sp³-hybridized carbons (Fsp3) is 0.257. The van der Waals surface area contributed by atoms with E-state index in [1.807, 2.05) is 75.4 Å². The van der Waals surface area contributed by atoms with Gasteiger partial charge in [0.1, 0.15) is 12.6 Å². The highest BCUT2D eigenvalue weighted by Gasteiger charge is 2.35. The number of hydrogen-bond acceptors (Lipinski definition) is 4. The van der Waals surface area contributed by atoms with E-state index in [4.69, 9.17) is 11.6 Å². The van der Waals surface area contributed by atoms with Crippen LogP contribution < -0.4 is 9.62 Å². The van der Waals surface area contributed by atoms with Crippen LogP contribution in [0.15, 0.2) is 112 Å². The number of anilines is 1. The number of halogens is 2. The molecule has 0 heterocycles. The fourth-order valence-electron chi connectivity index (χ4n) is 4.78. The minimum atomic E-state index is -4.20. The van der Waals surface area contributed by atoms with Gasteiger partial charge < -0.3 is 10.2 Å². The molecule has 1 N–H and O–H groups in total. The molecule has 4 rings (SSSR count). The summed E-state index contributed by atoms with van der Waals surface area (Å²) in [5, 5.41) is 3.37. The average Bonchev–Trinajstić information content (AvgIpc) is 3.02. The average molecular weight is 711 g/mol. The number of hydrogen-bond donors (Lipinski definition) is 1. The van der Waals surface area contributed by atoms with Crippen LogP contribution in [0.2, 0.25) is 5.02 Å². The first-order valence-corrected chi connectivity index (χ1v) is 17.3. The summed E-state index contributed by atoms with van der Waals surface area (Å²) < 4.78 is 30.2. The van der Waals surface area contributed by atoms with E-state index in [1.54, 1.807) is 30.3 Å². The molecule has 0 bridgehead atoms. The van der Waals surface area contributed by atoms with Crippen LogP contribution >= 0.6 is 27.5 Å². The van der Waals surface area contributed by atoms with Gasteiger partial charge in [-0.1, -0.05) is 101 Å². The topological polar surface area (TPSA) is 86.8 Å². The Bertz CT molecular complexity index is 1700. The van der Waals surface area contributed by atoms with Crippen LogP contribution in [0.5, 0.6) is 0 Å². The minimum absolute atomic E-state index is 0.0377. The predicted molar refractivity (Wildman–Crippen MR) is 184 cm³/mol. The zero-order valence-electron chi connectivity index (χ0n) is 25.5. The Labute approximate surface area is 279 Å². The third-order valence-electron chi connectivity index (χ3n) is 7.52. The lowest BCUT2D eigenvalue weighted by atomic mass is 10.0. The van der Waals surface area contributed by atoms with Gasteiger partial charge in [0.2, 0.25) is 11.8 Å². The molecule has 0 radical (unpaired) electrons. The molecule has 45 heavy (non-hydrogen) atoms. The maximum Gasteiger partial charge on any atom is 0.264 e. The molecule has 236 valence electrons. The Kier molecular flexibility index (Phi) is 11.8. The Morgan fingerprint density at radius 1 is 0.889 bits per heavy atom. The summed E-state index contributed by atoms with van der Waals surface area (Å²) in [7, 11) is -4.20. The van der Waals surface area contributed by atoms with Crippen molar-refractivity contribution in [2.24, 2.45) is 0 Å². The second kappa shape index (κ2) is 15.6. The lowest BCUT2D eigenvalue weighted by molar-refractivity contribution is -0.140. The molecule has 0 aromatic heterocycles. The van der Waals surface area contributed by atoms with E-state index in [0.717, 1.165) is 25.5 Å². The maximum atomic E-state index is 14.5. The Morgan fingerprint density at radius 2 is 1.56 bits per heavy atom. The van der Waals surface area contributed by atoms with Crippen LogP contribution in [-0.2, 0) is 32.6 Å². The molecule has 0 saturated carbocycles. The molecule has 0 unspecified atom stereocenters. The van der Waals surface area contributed by atoms with Gasteiger partial charge in [0, 0.05) is 28.5 Å². The normalized spacial score (nSPS) is 12.6. The van der Waals surface area contributed by atoms with Gasteiger partial charge in [-0.25, -0.2) is 8.42 Å². The monoisotopic (exact) mass is 709 g/mol. The molecule has 0 saturated heterocycles. The van der Waals surface area contributed by atoms with E-state index in [9.17, 15) is 18.0 Å². The van der Waals surface area contributed by atoms with Crippen LogP contribution in [0.4, 0.5) is 5.69 Å². The molecule has 4 aromatic rings. The van der Waals surface area contributed by atoms with Crippen LogP contribution in [-0.4, -0.2) is 43.8 Å². The standard InChI is InChI=1S/C35H37BrClN3O4S/c1-4-26(3)38-35(42)33(21-27-9-6-5-7-10-27)39(23-28-15-17-29(36)18-16-28)34(41)24-40(31-12-8-11-30(37)22-31)45(43,44)32-19-13-25(2)14-20-32/h5-20,22,26,33H,4,21,23-24H2,1-3H3,(H,38,42)/t26-,33+/m0/s1. The third kappa shape index (κ3) is 9.19. The van der Waals surface area contributed by atoms with Crippen LogP contribution in [0.3, 0.4) is 0 Å². The number of nitrogens with zero attached hydrogens (tertiary/aromatic N) is 2. The first kappa shape index (κ1) is 34.2. The van der Waals surface area contributed by atoms with E-state index >= 15 is 0 Å². The molecule has 0 fully saturated rings. The van der Waals surface area contributed by atoms with Crippen molar-refractivity contribution in [3.8, 4) is 0 Å². The molecular weight excluding hydrogens is 674 g/mol. The van der Waals surface area contributed by atoms with Crippen molar-refractivity contribution in [3.63, 3.8) is 0 Å². The maximum absolute atomic E-state index is 14.5. The van der Waals surface area contributed by atoms with Gasteiger partial charge in [0.05, 0.1) is 10.6 Å². The molecule has 10 heteroatoms. The number of aryl methyl sites for hydroxylation is 1. The zero-order valence-corrected chi connectivity index (χ0v) is 28.6. The Balaban J connectivity index is 1.80. The smallest absolute Gasteiger partial charge is 0.264 e. The molecule has 7 nitrogen and oxygen atoms in total. The van der Waals surface area contributed by atoms with E-state index in [0.29, 0.717) is 11.4 Å². The molecule has 0 aliphatic heterocycles. The van der Waals surface area contributed by atoms with Gasteiger partial charge in [-0.3, -0.25) is 13.9 Å². The van der Waals surface area contributed by atoms with Gasteiger partial charge in [0.15, 0.2) is 0 Å². The molecule has 2 atom stereocenters. The lowest BCUT2D eigenvalue weighted by Gasteiger charge is -2.34. The molecule has 0 spiro atoms. The minimum Gasteiger partial charge on any atom is -0.352 e. The third-order valence-corrected chi connectivity index (χ3v) is 10.1. The van der Waals surface area contributed by atoms with Gasteiger partial charge in [0.25, 0.3) is 10.0 Å². The van der Waals surface area contributed by atoms with Crippen LogP contribution in [0, 0.1) is 6.92 Å². The molecule has 0 aliphatic carbocycles. The highest BCUT2D eigenvalue weighted by atomic mass is 79.9. The largest absolute Gasteiger partial charge is 0.352 e. The number of carbonyl (C=O) groups is 2. The Morgan fingerprint density at radius 3 is 2.18 bits per heavy atom. The summed E-state index contributed by atoms with van der Waals surface area (Å²) in [4.78, 5) is 29.9. The summed E-state index contributed by atoms with van der Waals surface area (Å²) in [6, 6.07) is 28.7. The SMILES string of the molecule is CC[C@H](C)NC(=O)[C@@H](Cc1ccccc1)N(Cc1ccc(Br)cc1)C(=O)CN(c1cccc(Cl)c1)S(=O)(=O)c1ccc(C)cc1. The van der Waals surface area contributed by atoms with Crippen LogP contribution in [0.1, 0.15) is 37.0 Å². The van der Waals surface area contributed by atoms with Gasteiger partial charge in [-0.15, -0.1) is 0 Å². The van der Waals surface area contributed by atoms with E-state index < -0.39 is 28.5 Å². The van der Waals surface area contributed by atoms with Crippen molar-refractivity contribution in [2.75, 3.05) is 10.8 Å². The highest BCUT2D eigenvalue weighted by Crippen LogP contribution is 2.27. The second-order valence-electron chi connectivity index (χ2n) is 11.0. The van der Waals surface area contributed by atoms with Gasteiger partial charge >= 0.3 is 0 Å². The number of nitrogens with one attached hydrogen (secondary N) is 1. The zero-order chi connectivity index (χ0) is 32.6. The van der Waals surface area contributed by atoms with Crippen molar-refractivity contribution in [1.29, 1.82) is 0 Å². The summed E-state index contributed by atoms with van der Waals surface area (Å²) >= 11 is 9.75. The molecule has 2 amide bonds. The Hall–Kier alpha value is -3.66. The summed E-state index contributed by atoms with van der Waals surface area (Å²) in [5.41, 5.74) is 2.80. The molecular formula is C35H37BrClN3O4S. The summed E-state index contributed by atoms with van der Waals surface area (Å²) in [6.45, 7) is 5.29. The van der Waals surface area contributed by atoms with Crippen molar-refractivity contribution in [1.82, 2.24) is 10.2 Å². The highest BCUT2D eigenvalue weighted by molar-refractivity contribution is 9.10. The van der Waals surface area contributed by atoms with Crippen molar-refractivity contribution < 1.29 is 18.0 Å². The van der Waals surface area contributed by atoms with E-state index in [2.05, 4.69) is 21.2 Å². The van der Waals surface area contributed by atoms with Gasteiger partial charge in [-0.05, 0) is 73.9 Å². The second-order valence-corrected chi connectivity index (χ2v) is 14.2. The first-order valence-electron chi connectivity index (χ1n) is 14.7. The fourth-order valence-corrected chi connectivity index (χ4v) is 6.63. The van der Waals surface area contributed by atoms with Crippen LogP contribution in [0.25, 0.3) is 0 Å².